The number of rotatable bonds is 5. The molecule has 4 heteroatoms. The van der Waals surface area contributed by atoms with Gasteiger partial charge in [0, 0.05) is 26.6 Å². The van der Waals surface area contributed by atoms with Crippen molar-refractivity contribution in [2.45, 2.75) is 12.7 Å². The molecule has 0 aliphatic carbocycles. The molecule has 2 aromatic carbocycles. The topological polar surface area (TPSA) is 34.1 Å². The molecule has 2 rings (SSSR count). The molecule has 2 aromatic rings. The van der Waals surface area contributed by atoms with E-state index >= 15 is 0 Å². The van der Waals surface area contributed by atoms with Gasteiger partial charge in [0.1, 0.15) is 0 Å². The van der Waals surface area contributed by atoms with E-state index < -0.39 is 10.8 Å². The highest BCUT2D eigenvalue weighted by Gasteiger charge is 2.14. The van der Waals surface area contributed by atoms with E-state index in [1.54, 1.807) is 6.07 Å². The lowest BCUT2D eigenvalue weighted by atomic mass is 10.1. The van der Waals surface area contributed by atoms with Crippen LogP contribution in [0.5, 0.6) is 0 Å². The maximum absolute atomic E-state index is 12.1. The Labute approximate surface area is 129 Å². The highest BCUT2D eigenvalue weighted by molar-refractivity contribution is 9.10. The number of carbonyl (C=O) groups excluding carboxylic acids is 1. The Morgan fingerprint density at radius 1 is 1.10 bits per heavy atom. The number of hydrogen-bond acceptors (Lipinski definition) is 2. The van der Waals surface area contributed by atoms with Crippen LogP contribution in [0, 0.1) is 6.92 Å². The van der Waals surface area contributed by atoms with E-state index in [1.807, 2.05) is 49.4 Å². The van der Waals surface area contributed by atoms with Crippen molar-refractivity contribution in [2.24, 2.45) is 0 Å². The van der Waals surface area contributed by atoms with Crippen LogP contribution in [-0.2, 0) is 16.6 Å². The molecule has 0 bridgehead atoms. The second-order valence-corrected chi connectivity index (χ2v) is 6.87. The van der Waals surface area contributed by atoms with Crippen molar-refractivity contribution in [3.63, 3.8) is 0 Å². The van der Waals surface area contributed by atoms with Crippen LogP contribution in [0.2, 0.25) is 0 Å². The summed E-state index contributed by atoms with van der Waals surface area (Å²) in [7, 11) is -1.19. The number of Topliss-reactive ketones (excluding diaryl/α,β-unsaturated/α-hetero) is 1. The lowest BCUT2D eigenvalue weighted by Gasteiger charge is -2.06. The first kappa shape index (κ1) is 15.1. The normalized spacial score (nSPS) is 12.1. The highest BCUT2D eigenvalue weighted by Crippen LogP contribution is 2.17. The van der Waals surface area contributed by atoms with Gasteiger partial charge in [0.15, 0.2) is 5.78 Å². The summed E-state index contributed by atoms with van der Waals surface area (Å²) in [4.78, 5) is 12.1. The van der Waals surface area contributed by atoms with Crippen molar-refractivity contribution in [3.8, 4) is 0 Å². The molecule has 0 saturated carbocycles. The number of hydrogen-bond donors (Lipinski definition) is 0. The minimum atomic E-state index is -1.19. The molecular weight excluding hydrogens is 336 g/mol. The molecule has 0 amide bonds. The van der Waals surface area contributed by atoms with Crippen LogP contribution in [-0.4, -0.2) is 15.7 Å². The predicted octanol–water partition coefficient (Wildman–Crippen LogP) is 3.89. The lowest BCUT2D eigenvalue weighted by Crippen LogP contribution is -2.13. The smallest absolute Gasteiger partial charge is 0.176 e. The van der Waals surface area contributed by atoms with Crippen LogP contribution < -0.4 is 0 Å². The predicted molar refractivity (Wildman–Crippen MR) is 86.4 cm³/mol. The van der Waals surface area contributed by atoms with Gasteiger partial charge in [-0.1, -0.05) is 58.4 Å². The third kappa shape index (κ3) is 3.87. The Kier molecular flexibility index (Phi) is 5.26. The fourth-order valence-corrected chi connectivity index (χ4v) is 3.63. The van der Waals surface area contributed by atoms with E-state index in [1.165, 1.54) is 0 Å². The molecule has 0 radical (unpaired) electrons. The van der Waals surface area contributed by atoms with E-state index in [0.717, 1.165) is 15.6 Å². The second-order valence-electron chi connectivity index (χ2n) is 4.56. The van der Waals surface area contributed by atoms with Crippen LogP contribution in [0.15, 0.2) is 53.0 Å². The summed E-state index contributed by atoms with van der Waals surface area (Å²) in [5.74, 6) is 0.379. The van der Waals surface area contributed by atoms with Crippen molar-refractivity contribution >= 4 is 32.5 Å². The standard InChI is InChI=1S/C16H15BrO2S/c1-12-6-2-3-7-13(12)10-20(19)11-16(18)14-8-4-5-9-15(14)17/h2-9H,10-11H2,1H3. The quantitative estimate of drug-likeness (QED) is 0.766. The largest absolute Gasteiger partial charge is 0.293 e. The number of ketones is 1. The lowest BCUT2D eigenvalue weighted by molar-refractivity contribution is 0.102. The van der Waals surface area contributed by atoms with E-state index in [4.69, 9.17) is 0 Å². The molecule has 0 aliphatic rings. The summed E-state index contributed by atoms with van der Waals surface area (Å²) in [6, 6.07) is 15.0. The summed E-state index contributed by atoms with van der Waals surface area (Å²) < 4.78 is 12.9. The van der Waals surface area contributed by atoms with Gasteiger partial charge in [-0.3, -0.25) is 9.00 Å². The molecule has 0 spiro atoms. The van der Waals surface area contributed by atoms with Gasteiger partial charge in [-0.2, -0.15) is 0 Å². The molecule has 0 N–H and O–H groups in total. The first-order valence-electron chi connectivity index (χ1n) is 6.25. The molecule has 0 aliphatic heterocycles. The van der Waals surface area contributed by atoms with Gasteiger partial charge in [-0.25, -0.2) is 0 Å². The Balaban J connectivity index is 2.04. The first-order valence-corrected chi connectivity index (χ1v) is 8.53. The molecule has 104 valence electrons. The minimum Gasteiger partial charge on any atom is -0.293 e. The average Bonchev–Trinajstić information content (AvgIpc) is 2.41. The zero-order chi connectivity index (χ0) is 14.5. The highest BCUT2D eigenvalue weighted by atomic mass is 79.9. The first-order chi connectivity index (χ1) is 9.58. The van der Waals surface area contributed by atoms with Gasteiger partial charge in [0.05, 0.1) is 5.75 Å². The van der Waals surface area contributed by atoms with E-state index in [0.29, 0.717) is 11.3 Å². The maximum Gasteiger partial charge on any atom is 0.176 e. The van der Waals surface area contributed by atoms with Crippen LogP contribution >= 0.6 is 15.9 Å². The Bertz CT molecular complexity index is 652. The molecular formula is C16H15BrO2S. The summed E-state index contributed by atoms with van der Waals surface area (Å²) in [5, 5.41) is 0. The maximum atomic E-state index is 12.1. The van der Waals surface area contributed by atoms with Crippen molar-refractivity contribution in [3.05, 3.63) is 69.7 Å². The molecule has 0 aromatic heterocycles. The summed E-state index contributed by atoms with van der Waals surface area (Å²) in [6.45, 7) is 1.99. The molecule has 2 nitrogen and oxygen atoms in total. The van der Waals surface area contributed by atoms with Crippen molar-refractivity contribution < 1.29 is 9.00 Å². The third-order valence-corrected chi connectivity index (χ3v) is 4.95. The minimum absolute atomic E-state index is 0.0525. The molecule has 0 fully saturated rings. The summed E-state index contributed by atoms with van der Waals surface area (Å²) in [6.07, 6.45) is 0. The monoisotopic (exact) mass is 350 g/mol. The van der Waals surface area contributed by atoms with Gasteiger partial charge in [-0.15, -0.1) is 0 Å². The average molecular weight is 351 g/mol. The van der Waals surface area contributed by atoms with Crippen LogP contribution in [0.3, 0.4) is 0 Å². The zero-order valence-electron chi connectivity index (χ0n) is 11.1. The van der Waals surface area contributed by atoms with Crippen molar-refractivity contribution in [1.82, 2.24) is 0 Å². The van der Waals surface area contributed by atoms with Gasteiger partial charge in [0.25, 0.3) is 0 Å². The van der Waals surface area contributed by atoms with Crippen molar-refractivity contribution in [2.75, 3.05) is 5.75 Å². The molecule has 20 heavy (non-hydrogen) atoms. The van der Waals surface area contributed by atoms with Crippen LogP contribution in [0.4, 0.5) is 0 Å². The Hall–Kier alpha value is -1.26. The van der Waals surface area contributed by atoms with Gasteiger partial charge >= 0.3 is 0 Å². The van der Waals surface area contributed by atoms with E-state index in [2.05, 4.69) is 15.9 Å². The Morgan fingerprint density at radius 2 is 1.75 bits per heavy atom. The van der Waals surface area contributed by atoms with Crippen molar-refractivity contribution in [1.29, 1.82) is 0 Å². The molecule has 0 heterocycles. The third-order valence-electron chi connectivity index (χ3n) is 3.04. The van der Waals surface area contributed by atoms with Crippen LogP contribution in [0.25, 0.3) is 0 Å². The molecule has 1 unspecified atom stereocenters. The number of carbonyl (C=O) groups is 1. The number of aryl methyl sites for hydroxylation is 1. The zero-order valence-corrected chi connectivity index (χ0v) is 13.5. The number of benzene rings is 2. The van der Waals surface area contributed by atoms with Gasteiger partial charge in [-0.05, 0) is 24.1 Å². The summed E-state index contributed by atoms with van der Waals surface area (Å²) >= 11 is 3.35. The van der Waals surface area contributed by atoms with E-state index in [9.17, 15) is 9.00 Å². The number of halogens is 1. The van der Waals surface area contributed by atoms with E-state index in [-0.39, 0.29) is 11.5 Å². The second kappa shape index (κ2) is 6.95. The van der Waals surface area contributed by atoms with Gasteiger partial charge in [0.2, 0.25) is 0 Å². The summed E-state index contributed by atoms with van der Waals surface area (Å²) in [5.41, 5.74) is 2.73. The molecule has 0 saturated heterocycles. The Morgan fingerprint density at radius 3 is 2.45 bits per heavy atom. The van der Waals surface area contributed by atoms with Gasteiger partial charge < -0.3 is 0 Å². The SMILES string of the molecule is Cc1ccccc1CS(=O)CC(=O)c1ccccc1Br. The fraction of sp³-hybridized carbons (Fsp3) is 0.188. The van der Waals surface area contributed by atoms with Crippen LogP contribution in [0.1, 0.15) is 21.5 Å². The molecule has 1 atom stereocenters. The fourth-order valence-electron chi connectivity index (χ4n) is 1.91.